The number of carbonyl (C=O) groups excluding carboxylic acids is 1. The van der Waals surface area contributed by atoms with Crippen LogP contribution in [-0.4, -0.2) is 18.0 Å². The summed E-state index contributed by atoms with van der Waals surface area (Å²) in [7, 11) is 1.57. The highest BCUT2D eigenvalue weighted by Crippen LogP contribution is 2.31. The van der Waals surface area contributed by atoms with Gasteiger partial charge < -0.3 is 9.15 Å². The van der Waals surface area contributed by atoms with Crippen LogP contribution in [0, 0.1) is 0 Å². The van der Waals surface area contributed by atoms with Crippen molar-refractivity contribution < 1.29 is 13.9 Å². The van der Waals surface area contributed by atoms with Gasteiger partial charge in [-0.1, -0.05) is 29.5 Å². The van der Waals surface area contributed by atoms with Gasteiger partial charge in [0.05, 0.1) is 17.2 Å². The minimum atomic E-state index is -0.570. The number of hydrazine groups is 1. The first-order valence-corrected chi connectivity index (χ1v) is 8.50. The number of aromatic nitrogens is 1. The third-order valence-corrected chi connectivity index (χ3v) is 4.68. The van der Waals surface area contributed by atoms with Crippen molar-refractivity contribution in [1.82, 2.24) is 10.4 Å². The molecule has 7 nitrogen and oxygen atoms in total. The summed E-state index contributed by atoms with van der Waals surface area (Å²) in [5.74, 6) is -0.00221. The van der Waals surface area contributed by atoms with Gasteiger partial charge in [0, 0.05) is 6.07 Å². The molecule has 2 aromatic heterocycles. The minimum absolute atomic E-state index is 0.0834. The van der Waals surface area contributed by atoms with E-state index in [1.165, 1.54) is 17.4 Å². The summed E-state index contributed by atoms with van der Waals surface area (Å²) < 4.78 is 11.7. The molecule has 0 unspecified atom stereocenters. The molecule has 2 N–H and O–H groups in total. The van der Waals surface area contributed by atoms with E-state index in [-0.39, 0.29) is 11.2 Å². The van der Waals surface area contributed by atoms with Crippen LogP contribution < -0.4 is 21.0 Å². The number of rotatable bonds is 4. The third-order valence-electron chi connectivity index (χ3n) is 3.74. The largest absolute Gasteiger partial charge is 0.494 e. The number of nitrogens with one attached hydrogen (secondary N) is 2. The first-order valence-electron chi connectivity index (χ1n) is 7.68. The fourth-order valence-corrected chi connectivity index (χ4v) is 3.37. The van der Waals surface area contributed by atoms with Gasteiger partial charge in [0.25, 0.3) is 0 Å². The smallest absolute Gasteiger partial charge is 0.305 e. The van der Waals surface area contributed by atoms with E-state index in [1.54, 1.807) is 31.4 Å². The molecule has 4 rings (SSSR count). The molecule has 2 aromatic carbocycles. The quantitative estimate of drug-likeness (QED) is 0.538. The standard InChI is InChI=1S/C18H13N3O4S/c1-24-13-7-4-8-15-16(13)19-18(26-15)21-20-17(23)14-9-11(22)10-5-2-3-6-12(10)25-14/h2-9H,1H3,(H,19,21)(H,20,23). The summed E-state index contributed by atoms with van der Waals surface area (Å²) in [4.78, 5) is 28.8. The Hall–Kier alpha value is -3.39. The average Bonchev–Trinajstić information content (AvgIpc) is 3.09. The Morgan fingerprint density at radius 1 is 1.19 bits per heavy atom. The van der Waals surface area contributed by atoms with Gasteiger partial charge in [-0.2, -0.15) is 0 Å². The zero-order valence-corrected chi connectivity index (χ0v) is 14.4. The number of carbonyl (C=O) groups is 1. The van der Waals surface area contributed by atoms with E-state index in [0.29, 0.717) is 27.4 Å². The number of ether oxygens (including phenoxy) is 1. The molecule has 0 radical (unpaired) electrons. The number of hydrogen-bond acceptors (Lipinski definition) is 7. The first-order chi connectivity index (χ1) is 12.7. The Balaban J connectivity index is 1.57. The summed E-state index contributed by atoms with van der Waals surface area (Å²) in [6.07, 6.45) is 0. The van der Waals surface area contributed by atoms with Crippen molar-refractivity contribution >= 4 is 43.6 Å². The molecule has 0 aliphatic rings. The predicted octanol–water partition coefficient (Wildman–Crippen LogP) is 3.17. The van der Waals surface area contributed by atoms with Gasteiger partial charge in [-0.25, -0.2) is 4.98 Å². The predicted molar refractivity (Wildman–Crippen MR) is 99.7 cm³/mol. The fourth-order valence-electron chi connectivity index (χ4n) is 2.53. The molecule has 0 saturated heterocycles. The van der Waals surface area contributed by atoms with E-state index in [9.17, 15) is 9.59 Å². The molecule has 8 heteroatoms. The van der Waals surface area contributed by atoms with E-state index in [4.69, 9.17) is 9.15 Å². The zero-order valence-electron chi connectivity index (χ0n) is 13.6. The van der Waals surface area contributed by atoms with Crippen LogP contribution in [0.3, 0.4) is 0 Å². The normalized spacial score (nSPS) is 10.8. The lowest BCUT2D eigenvalue weighted by Crippen LogP contribution is -2.29. The number of benzene rings is 2. The second kappa shape index (κ2) is 6.49. The van der Waals surface area contributed by atoms with Crippen LogP contribution in [0.1, 0.15) is 10.6 Å². The Morgan fingerprint density at radius 2 is 2.04 bits per heavy atom. The molecule has 130 valence electrons. The molecule has 26 heavy (non-hydrogen) atoms. The van der Waals surface area contributed by atoms with Crippen molar-refractivity contribution in [3.8, 4) is 5.75 Å². The zero-order chi connectivity index (χ0) is 18.1. The summed E-state index contributed by atoms with van der Waals surface area (Å²) in [6.45, 7) is 0. The van der Waals surface area contributed by atoms with Gasteiger partial charge in [0.1, 0.15) is 16.8 Å². The lowest BCUT2D eigenvalue weighted by atomic mass is 10.2. The van der Waals surface area contributed by atoms with E-state index in [2.05, 4.69) is 15.8 Å². The second-order valence-corrected chi connectivity index (χ2v) is 6.41. The maximum atomic E-state index is 12.3. The van der Waals surface area contributed by atoms with Crippen LogP contribution in [0.5, 0.6) is 5.75 Å². The fraction of sp³-hybridized carbons (Fsp3) is 0.0556. The molecule has 0 bridgehead atoms. The number of hydrogen-bond donors (Lipinski definition) is 2. The van der Waals surface area contributed by atoms with Crippen molar-refractivity contribution in [2.45, 2.75) is 0 Å². The van der Waals surface area contributed by atoms with E-state index in [0.717, 1.165) is 4.70 Å². The molecule has 0 aliphatic carbocycles. The monoisotopic (exact) mass is 367 g/mol. The summed E-state index contributed by atoms with van der Waals surface area (Å²) in [5, 5.41) is 0.913. The van der Waals surface area contributed by atoms with Crippen LogP contribution in [0.15, 0.2) is 57.7 Å². The number of nitrogens with zero attached hydrogens (tertiary/aromatic N) is 1. The maximum Gasteiger partial charge on any atom is 0.305 e. The lowest BCUT2D eigenvalue weighted by molar-refractivity contribution is 0.0936. The Kier molecular flexibility index (Phi) is 4.02. The number of para-hydroxylation sites is 2. The third kappa shape index (κ3) is 2.86. The topological polar surface area (TPSA) is 93.5 Å². The highest BCUT2D eigenvalue weighted by atomic mass is 32.1. The van der Waals surface area contributed by atoms with Crippen LogP contribution in [-0.2, 0) is 0 Å². The molecule has 0 aliphatic heterocycles. The van der Waals surface area contributed by atoms with Crippen LogP contribution in [0.4, 0.5) is 5.13 Å². The van der Waals surface area contributed by atoms with Gasteiger partial charge in [-0.3, -0.25) is 20.4 Å². The highest BCUT2D eigenvalue weighted by Gasteiger charge is 2.13. The van der Waals surface area contributed by atoms with Gasteiger partial charge in [-0.05, 0) is 24.3 Å². The van der Waals surface area contributed by atoms with Crippen LogP contribution in [0.25, 0.3) is 21.2 Å². The summed E-state index contributed by atoms with van der Waals surface area (Å²) >= 11 is 1.36. The molecule has 4 aromatic rings. The number of anilines is 1. The molecular formula is C18H13N3O4S. The Bertz CT molecular complexity index is 1180. The molecule has 0 fully saturated rings. The van der Waals surface area contributed by atoms with Gasteiger partial charge in [0.15, 0.2) is 11.2 Å². The molecule has 2 heterocycles. The second-order valence-electron chi connectivity index (χ2n) is 5.38. The van der Waals surface area contributed by atoms with Crippen LogP contribution in [0.2, 0.25) is 0 Å². The number of fused-ring (bicyclic) bond motifs is 2. The van der Waals surface area contributed by atoms with Crippen molar-refractivity contribution in [3.05, 3.63) is 64.5 Å². The molecular weight excluding hydrogens is 354 g/mol. The minimum Gasteiger partial charge on any atom is -0.494 e. The number of methoxy groups -OCH3 is 1. The lowest BCUT2D eigenvalue weighted by Gasteiger charge is -2.05. The molecule has 0 atom stereocenters. The molecule has 0 spiro atoms. The first kappa shape index (κ1) is 16.1. The highest BCUT2D eigenvalue weighted by molar-refractivity contribution is 7.22. The average molecular weight is 367 g/mol. The van der Waals surface area contributed by atoms with Crippen molar-refractivity contribution in [3.63, 3.8) is 0 Å². The van der Waals surface area contributed by atoms with Gasteiger partial charge in [0.2, 0.25) is 5.13 Å². The maximum absolute atomic E-state index is 12.3. The van der Waals surface area contributed by atoms with Crippen molar-refractivity contribution in [1.29, 1.82) is 0 Å². The number of amides is 1. The molecule has 1 amide bonds. The summed E-state index contributed by atoms with van der Waals surface area (Å²) in [5.41, 5.74) is 6.02. The molecule has 0 saturated carbocycles. The van der Waals surface area contributed by atoms with Crippen LogP contribution >= 0.6 is 11.3 Å². The van der Waals surface area contributed by atoms with Gasteiger partial charge >= 0.3 is 5.91 Å². The SMILES string of the molecule is COc1cccc2sc(NNC(=O)c3cc(=O)c4ccccc4o3)nc12. The Morgan fingerprint density at radius 3 is 2.88 bits per heavy atom. The van der Waals surface area contributed by atoms with E-state index >= 15 is 0 Å². The number of thiazole rings is 1. The van der Waals surface area contributed by atoms with E-state index in [1.807, 2.05) is 18.2 Å². The van der Waals surface area contributed by atoms with Gasteiger partial charge in [-0.15, -0.1) is 0 Å². The van der Waals surface area contributed by atoms with E-state index < -0.39 is 5.91 Å². The van der Waals surface area contributed by atoms with Crippen molar-refractivity contribution in [2.75, 3.05) is 12.5 Å². The Labute approximate surface area is 151 Å². The van der Waals surface area contributed by atoms with Crippen molar-refractivity contribution in [2.24, 2.45) is 0 Å². The summed E-state index contributed by atoms with van der Waals surface area (Å²) in [6, 6.07) is 13.5.